The monoisotopic (exact) mass is 558 g/mol. The highest BCUT2D eigenvalue weighted by atomic mass is 32.2. The van der Waals surface area contributed by atoms with Crippen LogP contribution in [0.5, 0.6) is 17.2 Å². The fourth-order valence-corrected chi connectivity index (χ4v) is 4.88. The molecule has 2 N–H and O–H groups in total. The molecule has 11 heteroatoms. The number of nitrogens with zero attached hydrogens (tertiary/aromatic N) is 3. The van der Waals surface area contributed by atoms with Crippen LogP contribution in [0, 0.1) is 17.5 Å². The van der Waals surface area contributed by atoms with Crippen molar-refractivity contribution in [2.75, 3.05) is 39.3 Å². The molecule has 4 aromatic rings. The van der Waals surface area contributed by atoms with Crippen LogP contribution >= 0.6 is 11.8 Å². The number of thioether (sulfide) groups is 1. The molecule has 7 nitrogen and oxygen atoms in total. The minimum Gasteiger partial charge on any atom is -0.493 e. The first-order valence-corrected chi connectivity index (χ1v) is 13.1. The summed E-state index contributed by atoms with van der Waals surface area (Å²) in [6.07, 6.45) is 2.22. The van der Waals surface area contributed by atoms with E-state index in [1.54, 1.807) is 43.2 Å². The molecule has 0 fully saturated rings. The van der Waals surface area contributed by atoms with Gasteiger partial charge in [0.1, 0.15) is 29.0 Å². The van der Waals surface area contributed by atoms with E-state index >= 15 is 0 Å². The van der Waals surface area contributed by atoms with Gasteiger partial charge in [0, 0.05) is 47.9 Å². The SMILES string of the molecule is COc1ccc(N(C)c2cnc(SCc3c(F)cc(OCCCN)cc3F)n2-c2ccc(F)cc2)cc1OC. The topological polar surface area (TPSA) is 74.8 Å². The lowest BCUT2D eigenvalue weighted by molar-refractivity contribution is 0.309. The molecule has 206 valence electrons. The molecule has 0 aliphatic rings. The van der Waals surface area contributed by atoms with Gasteiger partial charge in [-0.3, -0.25) is 4.57 Å². The molecule has 0 radical (unpaired) electrons. The molecule has 0 atom stereocenters. The summed E-state index contributed by atoms with van der Waals surface area (Å²) in [5.74, 6) is 0.0306. The minimum absolute atomic E-state index is 0.0293. The third-order valence-corrected chi connectivity index (χ3v) is 6.95. The van der Waals surface area contributed by atoms with Crippen molar-refractivity contribution < 1.29 is 27.4 Å². The van der Waals surface area contributed by atoms with Crippen molar-refractivity contribution in [3.05, 3.63) is 83.8 Å². The van der Waals surface area contributed by atoms with Crippen LogP contribution < -0.4 is 24.8 Å². The fourth-order valence-electron chi connectivity index (χ4n) is 3.87. The molecule has 0 bridgehead atoms. The van der Waals surface area contributed by atoms with Crippen molar-refractivity contribution in [2.45, 2.75) is 17.3 Å². The highest BCUT2D eigenvalue weighted by molar-refractivity contribution is 7.98. The van der Waals surface area contributed by atoms with E-state index in [1.165, 1.54) is 12.1 Å². The second kappa shape index (κ2) is 12.8. The number of methoxy groups -OCH3 is 2. The van der Waals surface area contributed by atoms with Crippen molar-refractivity contribution in [3.63, 3.8) is 0 Å². The number of nitrogens with two attached hydrogens (primary N) is 1. The molecular weight excluding hydrogens is 529 g/mol. The van der Waals surface area contributed by atoms with Gasteiger partial charge in [0.2, 0.25) is 0 Å². The third-order valence-electron chi connectivity index (χ3n) is 5.97. The largest absolute Gasteiger partial charge is 0.493 e. The predicted molar refractivity (Wildman–Crippen MR) is 146 cm³/mol. The van der Waals surface area contributed by atoms with Crippen LogP contribution in [-0.2, 0) is 5.75 Å². The number of aromatic nitrogens is 2. The van der Waals surface area contributed by atoms with Crippen molar-refractivity contribution in [1.82, 2.24) is 9.55 Å². The van der Waals surface area contributed by atoms with E-state index in [9.17, 15) is 13.2 Å². The van der Waals surface area contributed by atoms with Gasteiger partial charge in [-0.1, -0.05) is 11.8 Å². The Morgan fingerprint density at radius 2 is 1.64 bits per heavy atom. The number of rotatable bonds is 12. The van der Waals surface area contributed by atoms with Gasteiger partial charge < -0.3 is 24.8 Å². The predicted octanol–water partition coefficient (Wildman–Crippen LogP) is 6.09. The molecule has 1 aromatic heterocycles. The third kappa shape index (κ3) is 6.43. The van der Waals surface area contributed by atoms with E-state index in [-0.39, 0.29) is 29.5 Å². The number of benzene rings is 3. The average Bonchev–Trinajstić information content (AvgIpc) is 3.36. The normalized spacial score (nSPS) is 10.9. The average molecular weight is 559 g/mol. The standard InChI is InChI=1S/C28H29F3N4O3S/c1-34(20-9-10-25(36-2)26(13-20)37-3)27-16-33-28(35(27)19-7-5-18(29)6-8-19)39-17-22-23(30)14-21(15-24(22)31)38-12-4-11-32/h5-10,13-16H,4,11-12,17,32H2,1-3H3. The van der Waals surface area contributed by atoms with Crippen molar-refractivity contribution in [1.29, 1.82) is 0 Å². The number of imidazole rings is 1. The highest BCUT2D eigenvalue weighted by Gasteiger charge is 2.20. The maximum Gasteiger partial charge on any atom is 0.174 e. The summed E-state index contributed by atoms with van der Waals surface area (Å²) in [5.41, 5.74) is 6.74. The van der Waals surface area contributed by atoms with E-state index in [0.29, 0.717) is 41.1 Å². The van der Waals surface area contributed by atoms with Crippen LogP contribution in [-0.4, -0.2) is 44.0 Å². The molecule has 0 amide bonds. The van der Waals surface area contributed by atoms with Gasteiger partial charge in [-0.15, -0.1) is 0 Å². The lowest BCUT2D eigenvalue weighted by Crippen LogP contribution is -2.14. The van der Waals surface area contributed by atoms with Gasteiger partial charge in [0.15, 0.2) is 16.7 Å². The van der Waals surface area contributed by atoms with Crippen molar-refractivity contribution in [2.24, 2.45) is 5.73 Å². The Morgan fingerprint density at radius 1 is 0.949 bits per heavy atom. The lowest BCUT2D eigenvalue weighted by atomic mass is 10.2. The second-order valence-electron chi connectivity index (χ2n) is 8.45. The molecule has 1 heterocycles. The van der Waals surface area contributed by atoms with Gasteiger partial charge >= 0.3 is 0 Å². The first kappa shape index (κ1) is 28.2. The van der Waals surface area contributed by atoms with Gasteiger partial charge in [-0.2, -0.15) is 0 Å². The van der Waals surface area contributed by atoms with Crippen LogP contribution in [0.1, 0.15) is 12.0 Å². The molecule has 0 unspecified atom stereocenters. The Hall–Kier alpha value is -3.83. The summed E-state index contributed by atoms with van der Waals surface area (Å²) in [7, 11) is 4.95. The van der Waals surface area contributed by atoms with Crippen LogP contribution in [0.2, 0.25) is 0 Å². The summed E-state index contributed by atoms with van der Waals surface area (Å²) in [4.78, 5) is 6.40. The van der Waals surface area contributed by atoms with Gasteiger partial charge in [0.25, 0.3) is 0 Å². The summed E-state index contributed by atoms with van der Waals surface area (Å²) in [6, 6.07) is 13.7. The van der Waals surface area contributed by atoms with Gasteiger partial charge in [0.05, 0.1) is 27.0 Å². The minimum atomic E-state index is -0.715. The lowest BCUT2D eigenvalue weighted by Gasteiger charge is -2.23. The second-order valence-corrected chi connectivity index (χ2v) is 9.40. The molecule has 4 rings (SSSR count). The number of halogens is 3. The number of ether oxygens (including phenoxy) is 3. The fraction of sp³-hybridized carbons (Fsp3) is 0.250. The van der Waals surface area contributed by atoms with E-state index in [0.717, 1.165) is 29.6 Å². The van der Waals surface area contributed by atoms with Crippen LogP contribution in [0.15, 0.2) is 66.0 Å². The summed E-state index contributed by atoms with van der Waals surface area (Å²) >= 11 is 1.15. The number of hydrogen-bond donors (Lipinski definition) is 1. The Bertz CT molecular complexity index is 1390. The quantitative estimate of drug-likeness (QED) is 0.167. The molecule has 0 spiro atoms. The van der Waals surface area contributed by atoms with E-state index < -0.39 is 11.6 Å². The van der Waals surface area contributed by atoms with Crippen molar-refractivity contribution >= 4 is 23.3 Å². The van der Waals surface area contributed by atoms with E-state index in [1.807, 2.05) is 24.1 Å². The summed E-state index contributed by atoms with van der Waals surface area (Å²) in [6.45, 7) is 0.693. The highest BCUT2D eigenvalue weighted by Crippen LogP contribution is 2.37. The molecule has 3 aromatic carbocycles. The zero-order valence-corrected chi connectivity index (χ0v) is 22.6. The smallest absolute Gasteiger partial charge is 0.174 e. The first-order chi connectivity index (χ1) is 18.9. The Kier molecular flexibility index (Phi) is 9.26. The molecule has 0 saturated carbocycles. The maximum absolute atomic E-state index is 14.8. The van der Waals surface area contributed by atoms with Gasteiger partial charge in [-0.25, -0.2) is 18.2 Å². The van der Waals surface area contributed by atoms with Crippen LogP contribution in [0.25, 0.3) is 5.69 Å². The van der Waals surface area contributed by atoms with Crippen LogP contribution in [0.4, 0.5) is 24.7 Å². The Balaban J connectivity index is 1.66. The molecule has 39 heavy (non-hydrogen) atoms. The zero-order chi connectivity index (χ0) is 27.9. The van der Waals surface area contributed by atoms with Crippen molar-refractivity contribution in [3.8, 4) is 22.9 Å². The molecule has 0 aliphatic carbocycles. The number of hydrogen-bond acceptors (Lipinski definition) is 7. The summed E-state index contributed by atoms with van der Waals surface area (Å²) in [5, 5.41) is 0.464. The van der Waals surface area contributed by atoms with Crippen LogP contribution in [0.3, 0.4) is 0 Å². The van der Waals surface area contributed by atoms with Gasteiger partial charge in [-0.05, 0) is 49.4 Å². The molecular formula is C28H29F3N4O3S. The molecule has 0 saturated heterocycles. The Labute approximate surface area is 229 Å². The zero-order valence-electron chi connectivity index (χ0n) is 21.8. The Morgan fingerprint density at radius 3 is 2.28 bits per heavy atom. The van der Waals surface area contributed by atoms with E-state index in [4.69, 9.17) is 19.9 Å². The number of anilines is 2. The first-order valence-electron chi connectivity index (χ1n) is 12.1. The molecule has 0 aliphatic heterocycles. The maximum atomic E-state index is 14.8. The summed E-state index contributed by atoms with van der Waals surface area (Å²) < 4.78 is 61.3. The van der Waals surface area contributed by atoms with E-state index in [2.05, 4.69) is 4.98 Å².